The van der Waals surface area contributed by atoms with Crippen LogP contribution in [0.25, 0.3) is 11.1 Å². The summed E-state index contributed by atoms with van der Waals surface area (Å²) in [5, 5.41) is 2.93. The van der Waals surface area contributed by atoms with Gasteiger partial charge in [-0.15, -0.1) is 0 Å². The largest absolute Gasteiger partial charge is 0.446 e. The molecule has 7 heteroatoms. The van der Waals surface area contributed by atoms with Gasteiger partial charge in [0.15, 0.2) is 0 Å². The van der Waals surface area contributed by atoms with Gasteiger partial charge >= 0.3 is 12.1 Å². The Morgan fingerprint density at radius 3 is 2.32 bits per heavy atom. The molecule has 0 unspecified atom stereocenters. The molecule has 0 bridgehead atoms. The van der Waals surface area contributed by atoms with Gasteiger partial charge in [-0.1, -0.05) is 55.5 Å². The number of hydrogen-bond acceptors (Lipinski definition) is 4. The smallest absolute Gasteiger partial charge is 0.411 e. The molecular weight excluding hydrogens is 428 g/mol. The van der Waals surface area contributed by atoms with E-state index in [-0.39, 0.29) is 12.1 Å². The molecule has 182 valence electrons. The number of likely N-dealkylation sites (tertiary alicyclic amines) is 1. The van der Waals surface area contributed by atoms with Crippen LogP contribution < -0.4 is 5.32 Å². The van der Waals surface area contributed by atoms with E-state index in [4.69, 9.17) is 4.74 Å². The van der Waals surface area contributed by atoms with Gasteiger partial charge in [0, 0.05) is 44.8 Å². The van der Waals surface area contributed by atoms with Crippen LogP contribution in [0.15, 0.2) is 54.6 Å². The Bertz CT molecular complexity index is 944. The monoisotopic (exact) mass is 464 g/mol. The molecule has 3 amide bonds. The highest BCUT2D eigenvalue weighted by atomic mass is 16.6. The second-order valence-electron chi connectivity index (χ2n) is 9.09. The fourth-order valence-electron chi connectivity index (χ4n) is 4.81. The molecule has 2 aromatic rings. The number of amides is 3. The van der Waals surface area contributed by atoms with Crippen LogP contribution >= 0.6 is 0 Å². The van der Waals surface area contributed by atoms with Crippen LogP contribution in [0.1, 0.15) is 32.6 Å². The Morgan fingerprint density at radius 1 is 0.912 bits per heavy atom. The molecule has 34 heavy (non-hydrogen) atoms. The Labute approximate surface area is 202 Å². The van der Waals surface area contributed by atoms with Gasteiger partial charge in [-0.25, -0.2) is 9.59 Å². The summed E-state index contributed by atoms with van der Waals surface area (Å²) in [6.45, 7) is 8.28. The van der Waals surface area contributed by atoms with Gasteiger partial charge in [0.05, 0.1) is 5.69 Å². The summed E-state index contributed by atoms with van der Waals surface area (Å²) in [6, 6.07) is 18.0. The normalized spacial score (nSPS) is 17.3. The maximum absolute atomic E-state index is 12.6. The molecule has 4 rings (SSSR count). The molecule has 2 heterocycles. The fourth-order valence-corrected chi connectivity index (χ4v) is 4.81. The van der Waals surface area contributed by atoms with Crippen molar-refractivity contribution in [3.63, 3.8) is 0 Å². The molecule has 0 saturated carbocycles. The molecule has 2 aliphatic heterocycles. The zero-order valence-corrected chi connectivity index (χ0v) is 20.1. The van der Waals surface area contributed by atoms with E-state index in [0.29, 0.717) is 0 Å². The van der Waals surface area contributed by atoms with Gasteiger partial charge in [0.25, 0.3) is 0 Å². The number of benzene rings is 2. The fraction of sp³-hybridized carbons (Fsp3) is 0.481. The van der Waals surface area contributed by atoms with E-state index in [0.717, 1.165) is 88.3 Å². The van der Waals surface area contributed by atoms with Gasteiger partial charge < -0.3 is 19.4 Å². The summed E-state index contributed by atoms with van der Waals surface area (Å²) in [5.74, 6) is 0. The first kappa shape index (κ1) is 24.1. The summed E-state index contributed by atoms with van der Waals surface area (Å²) >= 11 is 0. The highest BCUT2D eigenvalue weighted by molar-refractivity contribution is 5.91. The number of carbonyl (C=O) groups is 2. The highest BCUT2D eigenvalue weighted by Gasteiger charge is 2.27. The third kappa shape index (κ3) is 6.29. The number of rotatable bonds is 9. The number of piperidine rings is 1. The van der Waals surface area contributed by atoms with E-state index in [9.17, 15) is 9.59 Å². The van der Waals surface area contributed by atoms with Gasteiger partial charge in [-0.3, -0.25) is 5.32 Å². The minimum absolute atomic E-state index is 0.0668. The highest BCUT2D eigenvalue weighted by Crippen LogP contribution is 2.28. The standard InChI is InChI=1S/C27H36N4O3/c1-2-15-30-20-21-31(27(30)33)17-8-16-29-18-13-23(14-19-29)34-26(32)28-25-12-7-6-11-24(25)22-9-4-3-5-10-22/h3-7,9-12,23H,2,8,13-21H2,1H3,(H,28,32). The lowest BCUT2D eigenvalue weighted by Gasteiger charge is -2.32. The summed E-state index contributed by atoms with van der Waals surface area (Å²) < 4.78 is 5.73. The minimum Gasteiger partial charge on any atom is -0.446 e. The molecule has 2 fully saturated rings. The topological polar surface area (TPSA) is 65.1 Å². The van der Waals surface area contributed by atoms with E-state index in [1.54, 1.807) is 0 Å². The van der Waals surface area contributed by atoms with E-state index in [1.165, 1.54) is 0 Å². The van der Waals surface area contributed by atoms with Crippen molar-refractivity contribution in [3.8, 4) is 11.1 Å². The summed E-state index contributed by atoms with van der Waals surface area (Å²) in [7, 11) is 0. The Morgan fingerprint density at radius 2 is 1.59 bits per heavy atom. The van der Waals surface area contributed by atoms with Crippen LogP contribution in [-0.2, 0) is 4.74 Å². The molecule has 0 radical (unpaired) electrons. The molecule has 0 spiro atoms. The van der Waals surface area contributed by atoms with Crippen molar-refractivity contribution >= 4 is 17.8 Å². The van der Waals surface area contributed by atoms with Crippen molar-refractivity contribution in [2.45, 2.75) is 38.7 Å². The maximum atomic E-state index is 12.6. The van der Waals surface area contributed by atoms with Crippen LogP contribution in [0.4, 0.5) is 15.3 Å². The Balaban J connectivity index is 1.17. The molecule has 0 aliphatic carbocycles. The second kappa shape index (κ2) is 11.9. The molecule has 0 atom stereocenters. The number of urea groups is 1. The lowest BCUT2D eigenvalue weighted by atomic mass is 10.0. The third-order valence-electron chi connectivity index (χ3n) is 6.63. The zero-order valence-electron chi connectivity index (χ0n) is 20.1. The number of carbonyl (C=O) groups excluding carboxylic acids is 2. The van der Waals surface area contributed by atoms with Gasteiger partial charge in [0.1, 0.15) is 6.10 Å². The van der Waals surface area contributed by atoms with Gasteiger partial charge in [0.2, 0.25) is 0 Å². The van der Waals surface area contributed by atoms with Crippen LogP contribution in [0.3, 0.4) is 0 Å². The number of hydrogen-bond donors (Lipinski definition) is 1. The average Bonchev–Trinajstić information content (AvgIpc) is 3.20. The number of para-hydroxylation sites is 1. The second-order valence-corrected chi connectivity index (χ2v) is 9.09. The minimum atomic E-state index is -0.397. The first-order valence-corrected chi connectivity index (χ1v) is 12.5. The van der Waals surface area contributed by atoms with Crippen LogP contribution in [-0.4, -0.2) is 78.7 Å². The lowest BCUT2D eigenvalue weighted by Crippen LogP contribution is -2.40. The number of nitrogens with one attached hydrogen (secondary N) is 1. The van der Waals surface area contributed by atoms with Crippen LogP contribution in [0.2, 0.25) is 0 Å². The van der Waals surface area contributed by atoms with Crippen molar-refractivity contribution < 1.29 is 14.3 Å². The first-order valence-electron chi connectivity index (χ1n) is 12.5. The van der Waals surface area contributed by atoms with Crippen molar-refractivity contribution in [2.75, 3.05) is 51.1 Å². The molecule has 2 aromatic carbocycles. The SMILES string of the molecule is CCCN1CCN(CCCN2CCC(OC(=O)Nc3ccccc3-c3ccccc3)CC2)C1=O. The molecule has 0 aromatic heterocycles. The summed E-state index contributed by atoms with van der Waals surface area (Å²) in [5.41, 5.74) is 2.79. The molecule has 2 aliphatic rings. The lowest BCUT2D eigenvalue weighted by molar-refractivity contribution is 0.0581. The molecule has 2 saturated heterocycles. The Hall–Kier alpha value is -3.06. The number of anilines is 1. The van der Waals surface area contributed by atoms with Crippen molar-refractivity contribution in [1.82, 2.24) is 14.7 Å². The van der Waals surface area contributed by atoms with Crippen molar-refractivity contribution in [3.05, 3.63) is 54.6 Å². The van der Waals surface area contributed by atoms with Crippen molar-refractivity contribution in [2.24, 2.45) is 0 Å². The first-order chi connectivity index (χ1) is 16.6. The molecule has 1 N–H and O–H groups in total. The number of nitrogens with zero attached hydrogens (tertiary/aromatic N) is 3. The van der Waals surface area contributed by atoms with Crippen LogP contribution in [0, 0.1) is 0 Å². The maximum Gasteiger partial charge on any atom is 0.411 e. The van der Waals surface area contributed by atoms with Gasteiger partial charge in [-0.05, 0) is 43.9 Å². The van der Waals surface area contributed by atoms with E-state index in [1.807, 2.05) is 64.4 Å². The van der Waals surface area contributed by atoms with E-state index in [2.05, 4.69) is 17.1 Å². The zero-order chi connectivity index (χ0) is 23.8. The average molecular weight is 465 g/mol. The third-order valence-corrected chi connectivity index (χ3v) is 6.63. The summed E-state index contributed by atoms with van der Waals surface area (Å²) in [4.78, 5) is 31.3. The molecule has 7 nitrogen and oxygen atoms in total. The predicted molar refractivity (Wildman–Crippen MR) is 135 cm³/mol. The van der Waals surface area contributed by atoms with Gasteiger partial charge in [-0.2, -0.15) is 0 Å². The van der Waals surface area contributed by atoms with Crippen molar-refractivity contribution in [1.29, 1.82) is 0 Å². The van der Waals surface area contributed by atoms with E-state index < -0.39 is 6.09 Å². The summed E-state index contributed by atoms with van der Waals surface area (Å²) in [6.07, 6.45) is 3.19. The Kier molecular flexibility index (Phi) is 8.41. The quantitative estimate of drug-likeness (QED) is 0.573. The predicted octanol–water partition coefficient (Wildman–Crippen LogP) is 4.90. The van der Waals surface area contributed by atoms with Crippen LogP contribution in [0.5, 0.6) is 0 Å². The van der Waals surface area contributed by atoms with E-state index >= 15 is 0 Å². The number of ether oxygens (including phenoxy) is 1. The molecular formula is C27H36N4O3.